The number of carbonyl (C=O) groups excluding carboxylic acids is 1. The Morgan fingerprint density at radius 1 is 1.31 bits per heavy atom. The molecule has 1 aliphatic heterocycles. The molecule has 132 valence electrons. The fourth-order valence-corrected chi connectivity index (χ4v) is 3.13. The highest BCUT2D eigenvalue weighted by Crippen LogP contribution is 2.21. The van der Waals surface area contributed by atoms with Gasteiger partial charge in [0.2, 0.25) is 0 Å². The summed E-state index contributed by atoms with van der Waals surface area (Å²) in [5.74, 6) is -0.207. The van der Waals surface area contributed by atoms with Gasteiger partial charge in [0.1, 0.15) is 0 Å². The molecule has 0 radical (unpaired) electrons. The van der Waals surface area contributed by atoms with Gasteiger partial charge in [-0.1, -0.05) is 35.1 Å². The van der Waals surface area contributed by atoms with Gasteiger partial charge >= 0.3 is 0 Å². The van der Waals surface area contributed by atoms with E-state index in [-0.39, 0.29) is 5.91 Å². The Bertz CT molecular complexity index is 985. The normalized spacial score (nSPS) is 14.3. The maximum atomic E-state index is 12.5. The van der Waals surface area contributed by atoms with Gasteiger partial charge in [0.15, 0.2) is 5.69 Å². The smallest absolute Gasteiger partial charge is 0.274 e. The summed E-state index contributed by atoms with van der Waals surface area (Å²) in [6.07, 6.45) is 4.82. The Kier molecular flexibility index (Phi) is 4.45. The van der Waals surface area contributed by atoms with Crippen molar-refractivity contribution in [2.75, 3.05) is 19.6 Å². The number of carbonyl (C=O) groups is 1. The molecule has 4 rings (SSSR count). The van der Waals surface area contributed by atoms with E-state index in [1.807, 2.05) is 37.3 Å². The number of fused-ring (bicyclic) bond motifs is 1. The summed E-state index contributed by atoms with van der Waals surface area (Å²) in [6, 6.07) is 9.77. The zero-order valence-corrected chi connectivity index (χ0v) is 14.6. The molecule has 2 aromatic heterocycles. The maximum absolute atomic E-state index is 12.5. The summed E-state index contributed by atoms with van der Waals surface area (Å²) in [6.45, 7) is 4.20. The molecule has 0 spiro atoms. The first-order valence-corrected chi connectivity index (χ1v) is 8.67. The molecule has 0 fully saturated rings. The van der Waals surface area contributed by atoms with E-state index in [4.69, 9.17) is 0 Å². The van der Waals surface area contributed by atoms with Crippen LogP contribution in [0.4, 0.5) is 0 Å². The second-order valence-electron chi connectivity index (χ2n) is 6.29. The number of para-hydroxylation sites is 1. The van der Waals surface area contributed by atoms with Crippen LogP contribution in [-0.4, -0.2) is 45.5 Å². The van der Waals surface area contributed by atoms with Crippen LogP contribution >= 0.6 is 0 Å². The van der Waals surface area contributed by atoms with Crippen molar-refractivity contribution in [3.05, 3.63) is 59.6 Å². The molecule has 0 atom stereocenters. The Hall–Kier alpha value is -3.06. The van der Waals surface area contributed by atoms with Crippen molar-refractivity contribution in [2.45, 2.75) is 13.3 Å². The lowest BCUT2D eigenvalue weighted by Crippen LogP contribution is -2.30. The number of amides is 1. The zero-order valence-electron chi connectivity index (χ0n) is 14.6. The number of hydrogen-bond donors (Lipinski definition) is 2. The molecule has 3 aromatic rings. The Morgan fingerprint density at radius 2 is 2.19 bits per heavy atom. The van der Waals surface area contributed by atoms with E-state index in [9.17, 15) is 4.79 Å². The molecule has 1 amide bonds. The van der Waals surface area contributed by atoms with Crippen molar-refractivity contribution in [2.24, 2.45) is 0 Å². The van der Waals surface area contributed by atoms with Crippen LogP contribution in [0.15, 0.2) is 48.2 Å². The van der Waals surface area contributed by atoms with Crippen LogP contribution in [0, 0.1) is 6.92 Å². The minimum absolute atomic E-state index is 0.207. The molecule has 0 bridgehead atoms. The van der Waals surface area contributed by atoms with Gasteiger partial charge in [-0.05, 0) is 32.0 Å². The van der Waals surface area contributed by atoms with Crippen LogP contribution in [0.2, 0.25) is 0 Å². The molecule has 1 aromatic carbocycles. The topological polar surface area (TPSA) is 84.7 Å². The molecule has 1 aliphatic rings. The molecule has 7 nitrogen and oxygen atoms in total. The number of pyridine rings is 1. The number of rotatable bonds is 4. The van der Waals surface area contributed by atoms with E-state index >= 15 is 0 Å². The number of nitrogens with zero attached hydrogens (tertiary/aromatic N) is 4. The first-order valence-electron chi connectivity index (χ1n) is 8.67. The SMILES string of the molecule is Cc1c(C(=O)NCC2=CCNCC2)nnn1-c1cccc2cccnc12. The fraction of sp³-hybridized carbons (Fsp3) is 0.263. The molecule has 0 saturated heterocycles. The van der Waals surface area contributed by atoms with Crippen molar-refractivity contribution in [3.8, 4) is 5.69 Å². The van der Waals surface area contributed by atoms with E-state index in [0.29, 0.717) is 17.9 Å². The molecule has 0 unspecified atom stereocenters. The molecule has 0 aliphatic carbocycles. The lowest BCUT2D eigenvalue weighted by atomic mass is 10.1. The maximum Gasteiger partial charge on any atom is 0.274 e. The lowest BCUT2D eigenvalue weighted by molar-refractivity contribution is 0.0951. The minimum atomic E-state index is -0.207. The van der Waals surface area contributed by atoms with E-state index in [2.05, 4.69) is 32.0 Å². The highest BCUT2D eigenvalue weighted by atomic mass is 16.2. The summed E-state index contributed by atoms with van der Waals surface area (Å²) in [5.41, 5.74) is 3.91. The lowest BCUT2D eigenvalue weighted by Gasteiger charge is -2.14. The van der Waals surface area contributed by atoms with Crippen LogP contribution in [0.3, 0.4) is 0 Å². The minimum Gasteiger partial charge on any atom is -0.347 e. The van der Waals surface area contributed by atoms with Crippen LogP contribution in [0.1, 0.15) is 22.6 Å². The Morgan fingerprint density at radius 3 is 3.04 bits per heavy atom. The highest BCUT2D eigenvalue weighted by Gasteiger charge is 2.19. The summed E-state index contributed by atoms with van der Waals surface area (Å²) >= 11 is 0. The molecular weight excluding hydrogens is 328 g/mol. The molecule has 0 saturated carbocycles. The molecule has 3 heterocycles. The van der Waals surface area contributed by atoms with Crippen LogP contribution in [0.5, 0.6) is 0 Å². The average molecular weight is 348 g/mol. The van der Waals surface area contributed by atoms with Gasteiger partial charge in [0.25, 0.3) is 5.91 Å². The van der Waals surface area contributed by atoms with Gasteiger partial charge in [0.05, 0.1) is 16.9 Å². The summed E-state index contributed by atoms with van der Waals surface area (Å²) in [7, 11) is 0. The van der Waals surface area contributed by atoms with E-state index in [1.54, 1.807) is 10.9 Å². The third-order valence-electron chi connectivity index (χ3n) is 4.58. The molecule has 7 heteroatoms. The average Bonchev–Trinajstić information content (AvgIpc) is 3.08. The quantitative estimate of drug-likeness (QED) is 0.702. The molecular formula is C19H20N6O. The van der Waals surface area contributed by atoms with Crippen LogP contribution < -0.4 is 10.6 Å². The Balaban J connectivity index is 1.59. The van der Waals surface area contributed by atoms with Crippen LogP contribution in [-0.2, 0) is 0 Å². The summed E-state index contributed by atoms with van der Waals surface area (Å²) in [5, 5.41) is 15.5. The predicted octanol–water partition coefficient (Wildman–Crippen LogP) is 1.77. The van der Waals surface area contributed by atoms with Gasteiger partial charge in [-0.2, -0.15) is 0 Å². The van der Waals surface area contributed by atoms with Crippen molar-refractivity contribution in [1.82, 2.24) is 30.6 Å². The standard InChI is InChI=1S/C19H20N6O/c1-13-17(19(26)22-12-14-7-10-20-11-8-14)23-24-25(13)16-6-2-4-15-5-3-9-21-18(15)16/h2-7,9,20H,8,10-12H2,1H3,(H,22,26). The molecule has 26 heavy (non-hydrogen) atoms. The van der Waals surface area contributed by atoms with Crippen molar-refractivity contribution in [1.29, 1.82) is 0 Å². The second-order valence-corrected chi connectivity index (χ2v) is 6.29. The van der Waals surface area contributed by atoms with Crippen molar-refractivity contribution in [3.63, 3.8) is 0 Å². The van der Waals surface area contributed by atoms with E-state index in [1.165, 1.54) is 5.57 Å². The monoisotopic (exact) mass is 348 g/mol. The first-order chi connectivity index (χ1) is 12.7. The third kappa shape index (κ3) is 3.09. The summed E-state index contributed by atoms with van der Waals surface area (Å²) in [4.78, 5) is 17.0. The van der Waals surface area contributed by atoms with Crippen molar-refractivity contribution < 1.29 is 4.79 Å². The number of hydrogen-bond acceptors (Lipinski definition) is 5. The van der Waals surface area contributed by atoms with Gasteiger partial charge in [-0.3, -0.25) is 9.78 Å². The third-order valence-corrected chi connectivity index (χ3v) is 4.58. The fourth-order valence-electron chi connectivity index (χ4n) is 3.13. The number of benzene rings is 1. The van der Waals surface area contributed by atoms with Gasteiger partial charge in [-0.25, -0.2) is 4.68 Å². The zero-order chi connectivity index (χ0) is 17.9. The first kappa shape index (κ1) is 16.4. The van der Waals surface area contributed by atoms with Crippen LogP contribution in [0.25, 0.3) is 16.6 Å². The van der Waals surface area contributed by atoms with E-state index in [0.717, 1.165) is 36.1 Å². The second kappa shape index (κ2) is 7.05. The van der Waals surface area contributed by atoms with Crippen molar-refractivity contribution >= 4 is 16.8 Å². The highest BCUT2D eigenvalue weighted by molar-refractivity contribution is 5.94. The van der Waals surface area contributed by atoms with Gasteiger partial charge in [0, 0.05) is 24.7 Å². The summed E-state index contributed by atoms with van der Waals surface area (Å²) < 4.78 is 1.67. The number of aromatic nitrogens is 4. The van der Waals surface area contributed by atoms with Gasteiger partial charge in [-0.15, -0.1) is 5.10 Å². The number of nitrogens with one attached hydrogen (secondary N) is 2. The Labute approximate surface area is 151 Å². The van der Waals surface area contributed by atoms with Gasteiger partial charge < -0.3 is 10.6 Å². The largest absolute Gasteiger partial charge is 0.347 e. The van der Waals surface area contributed by atoms with E-state index < -0.39 is 0 Å². The predicted molar refractivity (Wildman–Crippen MR) is 99.3 cm³/mol. The molecule has 2 N–H and O–H groups in total.